The van der Waals surface area contributed by atoms with Crippen LogP contribution in [0.5, 0.6) is 0 Å². The molecular formula is C16H19N3O. The third-order valence-corrected chi connectivity index (χ3v) is 3.17. The van der Waals surface area contributed by atoms with Crippen molar-refractivity contribution in [2.24, 2.45) is 0 Å². The molecule has 0 bridgehead atoms. The van der Waals surface area contributed by atoms with Gasteiger partial charge in [0.15, 0.2) is 5.76 Å². The summed E-state index contributed by atoms with van der Waals surface area (Å²) in [5.41, 5.74) is 2.73. The van der Waals surface area contributed by atoms with Gasteiger partial charge in [0.05, 0.1) is 23.9 Å². The fraction of sp³-hybridized carbons (Fsp3) is 0.375. The molecule has 0 saturated heterocycles. The van der Waals surface area contributed by atoms with E-state index in [0.717, 1.165) is 22.6 Å². The molecule has 0 radical (unpaired) electrons. The summed E-state index contributed by atoms with van der Waals surface area (Å²) >= 11 is 0. The Balaban J connectivity index is 2.01. The second-order valence-corrected chi connectivity index (χ2v) is 5.31. The molecule has 0 N–H and O–H groups in total. The van der Waals surface area contributed by atoms with Crippen molar-refractivity contribution in [1.82, 2.24) is 10.1 Å². The third kappa shape index (κ3) is 3.46. The van der Waals surface area contributed by atoms with E-state index in [-0.39, 0.29) is 0 Å². The van der Waals surface area contributed by atoms with E-state index >= 15 is 0 Å². The first-order valence-electron chi connectivity index (χ1n) is 6.72. The number of hydrogen-bond acceptors (Lipinski definition) is 4. The van der Waals surface area contributed by atoms with Crippen molar-refractivity contribution in [1.29, 1.82) is 5.26 Å². The number of hydrogen-bond donors (Lipinski definition) is 0. The molecule has 0 unspecified atom stereocenters. The summed E-state index contributed by atoms with van der Waals surface area (Å²) in [5, 5.41) is 13.1. The molecule has 0 aliphatic heterocycles. The van der Waals surface area contributed by atoms with Gasteiger partial charge in [0.2, 0.25) is 0 Å². The maximum Gasteiger partial charge on any atom is 0.150 e. The first kappa shape index (κ1) is 14.3. The molecule has 104 valence electrons. The molecule has 2 aromatic rings. The van der Waals surface area contributed by atoms with Crippen molar-refractivity contribution >= 4 is 0 Å². The van der Waals surface area contributed by atoms with Crippen LogP contribution in [-0.2, 0) is 13.1 Å². The Morgan fingerprint density at radius 2 is 2.05 bits per heavy atom. The van der Waals surface area contributed by atoms with E-state index in [4.69, 9.17) is 9.78 Å². The van der Waals surface area contributed by atoms with Gasteiger partial charge in [-0.25, -0.2) is 0 Å². The molecule has 2 rings (SSSR count). The average molecular weight is 269 g/mol. The number of rotatable bonds is 5. The van der Waals surface area contributed by atoms with Gasteiger partial charge in [-0.15, -0.1) is 0 Å². The van der Waals surface area contributed by atoms with Gasteiger partial charge in [0.1, 0.15) is 0 Å². The zero-order valence-corrected chi connectivity index (χ0v) is 12.1. The second kappa shape index (κ2) is 6.36. The van der Waals surface area contributed by atoms with Crippen molar-refractivity contribution in [3.63, 3.8) is 0 Å². The van der Waals surface area contributed by atoms with Crippen LogP contribution in [0.3, 0.4) is 0 Å². The minimum atomic E-state index is 0.372. The summed E-state index contributed by atoms with van der Waals surface area (Å²) in [5.74, 6) is 1.22. The van der Waals surface area contributed by atoms with Crippen LogP contribution in [0.1, 0.15) is 42.3 Å². The van der Waals surface area contributed by atoms with Gasteiger partial charge in [0, 0.05) is 12.6 Å². The summed E-state index contributed by atoms with van der Waals surface area (Å²) in [6, 6.07) is 11.9. The zero-order chi connectivity index (χ0) is 14.5. The molecule has 20 heavy (non-hydrogen) atoms. The first-order chi connectivity index (χ1) is 9.60. The van der Waals surface area contributed by atoms with Gasteiger partial charge < -0.3 is 4.52 Å². The van der Waals surface area contributed by atoms with Crippen molar-refractivity contribution in [3.05, 3.63) is 52.9 Å². The molecule has 1 aromatic carbocycles. The molecule has 0 fully saturated rings. The topological polar surface area (TPSA) is 53.1 Å². The summed E-state index contributed by atoms with van der Waals surface area (Å²) in [4.78, 5) is 2.11. The highest BCUT2D eigenvalue weighted by Crippen LogP contribution is 2.16. The van der Waals surface area contributed by atoms with E-state index in [1.165, 1.54) is 0 Å². The van der Waals surface area contributed by atoms with E-state index < -0.39 is 0 Å². The van der Waals surface area contributed by atoms with Crippen LogP contribution < -0.4 is 0 Å². The highest BCUT2D eigenvalue weighted by molar-refractivity contribution is 5.37. The molecule has 0 aliphatic carbocycles. The smallest absolute Gasteiger partial charge is 0.150 e. The molecule has 1 heterocycles. The summed E-state index contributed by atoms with van der Waals surface area (Å²) in [6.45, 7) is 5.57. The molecule has 0 atom stereocenters. The standard InChI is InChI=1S/C16H19N3O/c1-12(2)16-8-15(20-18-16)11-19(3)10-14-7-5-4-6-13(14)9-17/h4-8,12H,10-11H2,1-3H3. The van der Waals surface area contributed by atoms with E-state index in [1.807, 2.05) is 37.4 Å². The third-order valence-electron chi connectivity index (χ3n) is 3.17. The fourth-order valence-corrected chi connectivity index (χ4v) is 2.06. The SMILES string of the molecule is CC(C)c1cc(CN(C)Cc2ccccc2C#N)on1. The Hall–Kier alpha value is -2.12. The van der Waals surface area contributed by atoms with Gasteiger partial charge in [-0.05, 0) is 24.6 Å². The van der Waals surface area contributed by atoms with E-state index in [0.29, 0.717) is 19.0 Å². The molecule has 0 spiro atoms. The minimum Gasteiger partial charge on any atom is -0.360 e. The van der Waals surface area contributed by atoms with Crippen molar-refractivity contribution in [2.75, 3.05) is 7.05 Å². The van der Waals surface area contributed by atoms with Crippen molar-refractivity contribution in [3.8, 4) is 6.07 Å². The normalized spacial score (nSPS) is 11.0. The summed E-state index contributed by atoms with van der Waals surface area (Å²) in [7, 11) is 2.01. The molecule has 1 aromatic heterocycles. The maximum absolute atomic E-state index is 9.09. The average Bonchev–Trinajstić information content (AvgIpc) is 2.88. The Morgan fingerprint density at radius 1 is 1.30 bits per heavy atom. The number of nitriles is 1. The number of benzene rings is 1. The van der Waals surface area contributed by atoms with Crippen LogP contribution in [0.4, 0.5) is 0 Å². The summed E-state index contributed by atoms with van der Waals surface area (Å²) in [6.07, 6.45) is 0. The molecule has 4 heteroatoms. The molecule has 0 amide bonds. The van der Waals surface area contributed by atoms with Crippen LogP contribution >= 0.6 is 0 Å². The van der Waals surface area contributed by atoms with Gasteiger partial charge in [-0.1, -0.05) is 37.2 Å². The Kier molecular flexibility index (Phi) is 4.54. The van der Waals surface area contributed by atoms with Crippen LogP contribution in [0, 0.1) is 11.3 Å². The van der Waals surface area contributed by atoms with Crippen molar-refractivity contribution < 1.29 is 4.52 Å². The number of nitrogens with zero attached hydrogens (tertiary/aromatic N) is 3. The largest absolute Gasteiger partial charge is 0.360 e. The van der Waals surface area contributed by atoms with Crippen LogP contribution in [-0.4, -0.2) is 17.1 Å². The Bertz CT molecular complexity index is 610. The Morgan fingerprint density at radius 3 is 2.70 bits per heavy atom. The molecule has 4 nitrogen and oxygen atoms in total. The van der Waals surface area contributed by atoms with Crippen LogP contribution in [0.2, 0.25) is 0 Å². The highest BCUT2D eigenvalue weighted by atomic mass is 16.5. The fourth-order valence-electron chi connectivity index (χ4n) is 2.06. The Labute approximate surface area is 119 Å². The van der Waals surface area contributed by atoms with Crippen molar-refractivity contribution in [2.45, 2.75) is 32.9 Å². The quantitative estimate of drug-likeness (QED) is 0.835. The van der Waals surface area contributed by atoms with Gasteiger partial charge in [-0.3, -0.25) is 4.90 Å². The molecule has 0 saturated carbocycles. The number of aromatic nitrogens is 1. The predicted octanol–water partition coefficient (Wildman–Crippen LogP) is 3.30. The monoisotopic (exact) mass is 269 g/mol. The van der Waals surface area contributed by atoms with Gasteiger partial charge in [0.25, 0.3) is 0 Å². The lowest BCUT2D eigenvalue weighted by atomic mass is 10.1. The maximum atomic E-state index is 9.09. The predicted molar refractivity (Wildman–Crippen MR) is 76.9 cm³/mol. The van der Waals surface area contributed by atoms with Gasteiger partial charge >= 0.3 is 0 Å². The van der Waals surface area contributed by atoms with E-state index in [9.17, 15) is 0 Å². The molecule has 0 aliphatic rings. The lowest BCUT2D eigenvalue weighted by Gasteiger charge is -2.15. The zero-order valence-electron chi connectivity index (χ0n) is 12.1. The van der Waals surface area contributed by atoms with Crippen LogP contribution in [0.25, 0.3) is 0 Å². The first-order valence-corrected chi connectivity index (χ1v) is 6.72. The minimum absolute atomic E-state index is 0.372. The second-order valence-electron chi connectivity index (χ2n) is 5.31. The van der Waals surface area contributed by atoms with Crippen LogP contribution in [0.15, 0.2) is 34.9 Å². The molecular weight excluding hydrogens is 250 g/mol. The van der Waals surface area contributed by atoms with E-state index in [2.05, 4.69) is 30.0 Å². The lowest BCUT2D eigenvalue weighted by Crippen LogP contribution is -2.17. The lowest BCUT2D eigenvalue weighted by molar-refractivity contribution is 0.265. The highest BCUT2D eigenvalue weighted by Gasteiger charge is 2.11. The van der Waals surface area contributed by atoms with Gasteiger partial charge in [-0.2, -0.15) is 5.26 Å². The van der Waals surface area contributed by atoms with E-state index in [1.54, 1.807) is 0 Å². The summed E-state index contributed by atoms with van der Waals surface area (Å²) < 4.78 is 5.33.